The third kappa shape index (κ3) is 22.2. The first-order valence-electron chi connectivity index (χ1n) is 26.5. The summed E-state index contributed by atoms with van der Waals surface area (Å²) in [5.74, 6) is -9.49. The van der Waals surface area contributed by atoms with Gasteiger partial charge in [-0.15, -0.1) is 0 Å². The lowest BCUT2D eigenvalue weighted by molar-refractivity contribution is -0.340. The molecule has 3 rings (SSSR count). The van der Waals surface area contributed by atoms with Gasteiger partial charge in [-0.05, 0) is 19.3 Å². The van der Waals surface area contributed by atoms with Crippen molar-refractivity contribution in [2.75, 3.05) is 52.9 Å². The molecule has 0 radical (unpaired) electrons. The summed E-state index contributed by atoms with van der Waals surface area (Å²) < 4.78 is 46.8. The lowest BCUT2D eigenvalue weighted by Gasteiger charge is -2.43. The molecule has 39 heteroatoms. The Kier molecular flexibility index (Phi) is 35.6. The lowest BCUT2D eigenvalue weighted by atomic mass is 9.98. The minimum absolute atomic E-state index is 0.781. The molecule has 0 amide bonds. The monoisotopic (exact) mass is 1270 g/mol. The maximum absolute atomic E-state index is 11.1. The van der Waals surface area contributed by atoms with Gasteiger partial charge in [-0.1, -0.05) is 0 Å². The molecule has 3 aliphatic rings. The number of fused-ring (bicyclic) bond motifs is 33. The predicted octanol–water partition coefficient (Wildman–Crippen LogP) is -12.1. The van der Waals surface area contributed by atoms with Gasteiger partial charge in [0.1, 0.15) is 97.7 Å². The molecule has 26 atom stereocenters. The molecule has 0 aliphatic carbocycles. The Bertz CT molecular complexity index is 1970. The summed E-state index contributed by atoms with van der Waals surface area (Å²) >= 11 is 0. The van der Waals surface area contributed by atoms with E-state index in [9.17, 15) is 153 Å². The number of rotatable bonds is 15. The molecule has 0 aromatic rings. The highest BCUT2D eigenvalue weighted by atomic mass is 16.7. The van der Waals surface area contributed by atoms with Gasteiger partial charge >= 0.3 is 5.95 Å². The molecule has 0 saturated carbocycles. The number of aliphatic hydroxyl groups excluding tert-OH is 30. The van der Waals surface area contributed by atoms with Crippen LogP contribution in [0.5, 0.6) is 0 Å². The standard InChI is InChI=1S/C47H86O39/c48-8-1-16-24(56)32(64)41(72)79-17(2-9-49)25(57)34(66)43(74)82-20(5-12-52)28(60)37(69)46(77)86-39-23(15-55)85-47(38(70)31(39)63)84-21(6-13-53)29(61)36(68)44(75)81-18(3-10-50)26(58)33(65)42(73)80-19(4-11-51)27(59)35(67)45(76)83-22(7-14-54)30(62)40(71)78-16/h16-25,27-28,31-32,34-35,37-39,41-77H,1-15H2/b33-26+,36-29+,40-30?. The van der Waals surface area contributed by atoms with E-state index in [0.29, 0.717) is 0 Å². The van der Waals surface area contributed by atoms with Crippen molar-refractivity contribution in [1.82, 2.24) is 0 Å². The molecular weight excluding hydrogens is 1190 g/mol. The Morgan fingerprint density at radius 1 is 0.256 bits per heavy atom. The Balaban J connectivity index is 2.77. The average molecular weight is 1280 g/mol. The summed E-state index contributed by atoms with van der Waals surface area (Å²) in [4.78, 5) is 0. The van der Waals surface area contributed by atoms with E-state index in [1.165, 1.54) is 0 Å². The summed E-state index contributed by atoms with van der Waals surface area (Å²) in [6, 6.07) is 0. The van der Waals surface area contributed by atoms with Crippen molar-refractivity contribution in [3.05, 3.63) is 34.7 Å². The summed E-state index contributed by atoms with van der Waals surface area (Å²) in [6.45, 7) is -7.97. The van der Waals surface area contributed by atoms with Gasteiger partial charge in [-0.25, -0.2) is 0 Å². The largest absolute Gasteiger partial charge is 0.506 e. The number of hydrogen-bond donors (Lipinski definition) is 30. The van der Waals surface area contributed by atoms with Gasteiger partial charge in [0.25, 0.3) is 0 Å². The summed E-state index contributed by atoms with van der Waals surface area (Å²) in [7, 11) is 0. The second-order valence-corrected chi connectivity index (χ2v) is 19.4. The fraction of sp³-hybridized carbons (Fsp3) is 0.872. The summed E-state index contributed by atoms with van der Waals surface area (Å²) in [6.07, 6.45) is -68.9. The lowest BCUT2D eigenvalue weighted by Crippen LogP contribution is -2.62. The third-order valence-electron chi connectivity index (χ3n) is 13.3. The Morgan fingerprint density at radius 3 is 0.977 bits per heavy atom. The zero-order valence-corrected chi connectivity index (χ0v) is 45.7. The van der Waals surface area contributed by atoms with E-state index in [4.69, 9.17) is 42.6 Å². The van der Waals surface area contributed by atoms with Crippen molar-refractivity contribution < 1.29 is 196 Å². The smallest absolute Gasteiger partial charge is 0.319 e. The van der Waals surface area contributed by atoms with Crippen molar-refractivity contribution in [3.8, 4) is 0 Å². The molecule has 39 nitrogen and oxygen atoms in total. The van der Waals surface area contributed by atoms with Crippen LogP contribution in [-0.4, -0.2) is 366 Å². The van der Waals surface area contributed by atoms with E-state index in [1.54, 1.807) is 0 Å². The number of aliphatic hydroxyl groups is 30. The molecule has 1 saturated heterocycles. The molecule has 0 aromatic carbocycles. The van der Waals surface area contributed by atoms with E-state index in [0.717, 1.165) is 0 Å². The van der Waals surface area contributed by atoms with Crippen LogP contribution in [-0.2, 0) is 42.6 Å². The van der Waals surface area contributed by atoms with Gasteiger partial charge in [-0.3, -0.25) is 0 Å². The van der Waals surface area contributed by atoms with Crippen molar-refractivity contribution in [2.24, 2.45) is 0 Å². The minimum atomic E-state index is -2.85. The Hall–Kier alpha value is -3.46. The van der Waals surface area contributed by atoms with Crippen molar-refractivity contribution in [2.45, 2.75) is 205 Å². The van der Waals surface area contributed by atoms with Gasteiger partial charge in [0.05, 0.1) is 24.9 Å². The summed E-state index contributed by atoms with van der Waals surface area (Å²) in [5.41, 5.74) is 0. The molecule has 508 valence electrons. The molecular formula is C47H86O39. The van der Waals surface area contributed by atoms with Crippen LogP contribution in [0.4, 0.5) is 0 Å². The van der Waals surface area contributed by atoms with E-state index in [2.05, 4.69) is 0 Å². The third-order valence-corrected chi connectivity index (χ3v) is 13.3. The van der Waals surface area contributed by atoms with Crippen LogP contribution in [0, 0.1) is 0 Å². The fourth-order valence-electron chi connectivity index (χ4n) is 8.36. The van der Waals surface area contributed by atoms with Crippen molar-refractivity contribution in [3.63, 3.8) is 0 Å². The van der Waals surface area contributed by atoms with Gasteiger partial charge < -0.3 is 196 Å². The first-order chi connectivity index (χ1) is 40.5. The van der Waals surface area contributed by atoms with Crippen molar-refractivity contribution >= 4 is 0 Å². The normalized spacial score (nSPS) is 42.3. The minimum Gasteiger partial charge on any atom is -0.506 e. The molecule has 0 spiro atoms. The van der Waals surface area contributed by atoms with Crippen LogP contribution < -0.4 is 0 Å². The van der Waals surface area contributed by atoms with Gasteiger partial charge in [0.2, 0.25) is 18.3 Å². The topological polar surface area (TPSA) is 690 Å². The van der Waals surface area contributed by atoms with E-state index < -0.39 is 293 Å². The molecule has 3 aliphatic heterocycles. The molecule has 30 N–H and O–H groups in total. The van der Waals surface area contributed by atoms with Crippen LogP contribution in [0.2, 0.25) is 0 Å². The molecule has 1 fully saturated rings. The fourth-order valence-corrected chi connectivity index (χ4v) is 8.36. The number of hydrogen-bond acceptors (Lipinski definition) is 39. The number of ether oxygens (including phenoxy) is 9. The molecule has 2 bridgehead atoms. The van der Waals surface area contributed by atoms with E-state index in [-0.39, 0.29) is 0 Å². The van der Waals surface area contributed by atoms with Gasteiger partial charge in [-0.2, -0.15) is 0 Å². The van der Waals surface area contributed by atoms with Crippen LogP contribution in [0.3, 0.4) is 0 Å². The first kappa shape index (κ1) is 78.6. The molecule has 86 heavy (non-hydrogen) atoms. The highest BCUT2D eigenvalue weighted by Gasteiger charge is 2.50. The van der Waals surface area contributed by atoms with E-state index in [1.807, 2.05) is 0 Å². The van der Waals surface area contributed by atoms with E-state index >= 15 is 0 Å². The maximum Gasteiger partial charge on any atom is 0.319 e. The van der Waals surface area contributed by atoms with Crippen molar-refractivity contribution in [1.29, 1.82) is 0 Å². The highest BCUT2D eigenvalue weighted by Crippen LogP contribution is 2.31. The Morgan fingerprint density at radius 2 is 0.581 bits per heavy atom. The second kappa shape index (κ2) is 38.9. The zero-order valence-electron chi connectivity index (χ0n) is 45.7. The predicted molar refractivity (Wildman–Crippen MR) is 270 cm³/mol. The molecule has 3 heterocycles. The SMILES string of the molecule is OCCC1OC(O)C(O)C(O)C(CCO)OC(O)/C(O)=C(\O)C(CCO)OC(O)/C(O)=C(\O)C(CCO)OC2OC(CO)C(OC(O)C(O)C(O)C(CCO)OC(O)C(O)C(O)C(CCO)OC(O)C(O)C(O)C(CCO)OC(O)=C1O)C(O)C2O. The summed E-state index contributed by atoms with van der Waals surface area (Å²) in [5, 5.41) is 318. The Labute approximate surface area is 487 Å². The molecule has 26 unspecified atom stereocenters. The van der Waals surface area contributed by atoms with Crippen LogP contribution in [0.25, 0.3) is 0 Å². The first-order valence-corrected chi connectivity index (χ1v) is 26.5. The second-order valence-electron chi connectivity index (χ2n) is 19.4. The van der Waals surface area contributed by atoms with Crippen LogP contribution in [0.1, 0.15) is 44.9 Å². The van der Waals surface area contributed by atoms with Gasteiger partial charge in [0, 0.05) is 71.9 Å². The van der Waals surface area contributed by atoms with Crippen LogP contribution in [0.15, 0.2) is 34.7 Å². The molecule has 0 aromatic heterocycles. The highest BCUT2D eigenvalue weighted by molar-refractivity contribution is 5.11. The van der Waals surface area contributed by atoms with Crippen LogP contribution >= 0.6 is 0 Å². The zero-order chi connectivity index (χ0) is 65.4. The van der Waals surface area contributed by atoms with Gasteiger partial charge in [0.15, 0.2) is 54.5 Å². The quantitative estimate of drug-likeness (QED) is 0.0724. The maximum atomic E-state index is 11.1. The average Bonchev–Trinajstić information content (AvgIpc) is 3.00.